The Kier molecular flexibility index (Phi) is 4.26. The zero-order valence-corrected chi connectivity index (χ0v) is 7.48. The molecular weight excluding hydrogens is 256 g/mol. The summed E-state index contributed by atoms with van der Waals surface area (Å²) in [5.74, 6) is -0.545. The summed E-state index contributed by atoms with van der Waals surface area (Å²) in [6.45, 7) is 0. The van der Waals surface area contributed by atoms with Gasteiger partial charge in [0.25, 0.3) is 0 Å². The Morgan fingerprint density at radius 3 is 2.11 bits per heavy atom. The Hall–Kier alpha value is 0.260. The highest BCUT2D eigenvalue weighted by atomic mass is 79.9. The fourth-order valence-corrected chi connectivity index (χ4v) is 0.659. The van der Waals surface area contributed by atoms with Gasteiger partial charge < -0.3 is 5.11 Å². The zero-order chi connectivity index (χ0) is 7.44. The summed E-state index contributed by atoms with van der Waals surface area (Å²) in [4.78, 5) is 20.5. The summed E-state index contributed by atoms with van der Waals surface area (Å²) in [6.07, 6.45) is -0.285. The predicted octanol–water partition coefficient (Wildman–Crippen LogP) is 0.580. The number of hydrogen-bond acceptors (Lipinski definition) is 3. The van der Waals surface area contributed by atoms with E-state index in [4.69, 9.17) is 5.11 Å². The fourth-order valence-electron chi connectivity index (χ4n) is 0.221. The van der Waals surface area contributed by atoms with E-state index >= 15 is 0 Å². The summed E-state index contributed by atoms with van der Waals surface area (Å²) in [5, 5.41) is 7.24. The Balaban J connectivity index is 3.64. The number of ketones is 1. The molecule has 1 N–H and O–H groups in total. The lowest BCUT2D eigenvalue weighted by Crippen LogP contribution is -2.14. The second kappa shape index (κ2) is 4.14. The second-order valence-corrected chi connectivity index (χ2v) is 3.09. The van der Waals surface area contributed by atoms with E-state index in [-0.39, 0.29) is 6.42 Å². The molecule has 0 aromatic heterocycles. The molecule has 0 aromatic carbocycles. The maximum Gasteiger partial charge on any atom is 0.205 e. The van der Waals surface area contributed by atoms with Crippen LogP contribution in [0, 0.1) is 0 Å². The summed E-state index contributed by atoms with van der Waals surface area (Å²) >= 11 is 5.15. The molecule has 0 radical (unpaired) electrons. The zero-order valence-electron chi connectivity index (χ0n) is 4.30. The van der Waals surface area contributed by atoms with Crippen molar-refractivity contribution in [3.05, 3.63) is 0 Å². The molecule has 0 amide bonds. The van der Waals surface area contributed by atoms with E-state index in [9.17, 15) is 9.59 Å². The highest BCUT2D eigenvalue weighted by molar-refractivity contribution is 9.18. The van der Waals surface area contributed by atoms with E-state index in [1.165, 1.54) is 0 Å². The quantitative estimate of drug-likeness (QED) is 0.458. The van der Waals surface area contributed by atoms with Crippen LogP contribution in [0.2, 0.25) is 0 Å². The van der Waals surface area contributed by atoms with Gasteiger partial charge in [-0.25, -0.2) is 0 Å². The van der Waals surface area contributed by atoms with Crippen molar-refractivity contribution in [3.63, 3.8) is 0 Å². The first kappa shape index (κ1) is 9.26. The average molecular weight is 260 g/mol. The molecule has 0 aromatic rings. The van der Waals surface area contributed by atoms with Gasteiger partial charge in [0.2, 0.25) is 4.69 Å². The molecule has 5 heteroatoms. The lowest BCUT2D eigenvalue weighted by Gasteiger charge is -1.95. The molecule has 0 spiro atoms. The first-order chi connectivity index (χ1) is 4.04. The maximum absolute atomic E-state index is 10.4. The van der Waals surface area contributed by atoms with Crippen molar-refractivity contribution < 1.29 is 14.7 Å². The Morgan fingerprint density at radius 1 is 1.56 bits per heavy atom. The number of carbonyl (C=O) groups is 2. The molecule has 52 valence electrons. The van der Waals surface area contributed by atoms with Gasteiger partial charge in [-0.3, -0.25) is 9.59 Å². The van der Waals surface area contributed by atoms with E-state index in [1.807, 2.05) is 0 Å². The lowest BCUT2D eigenvalue weighted by molar-refractivity contribution is -0.126. The third kappa shape index (κ3) is 4.74. The third-order valence-electron chi connectivity index (χ3n) is 0.579. The van der Waals surface area contributed by atoms with Crippen LogP contribution in [0.1, 0.15) is 6.42 Å². The number of hydrogen-bond donors (Lipinski definition) is 1. The van der Waals surface area contributed by atoms with Gasteiger partial charge in [0, 0.05) is 0 Å². The molecule has 0 aliphatic heterocycles. The topological polar surface area (TPSA) is 54.4 Å². The van der Waals surface area contributed by atoms with Gasteiger partial charge in [-0.15, -0.1) is 0 Å². The van der Waals surface area contributed by atoms with Crippen LogP contribution in [0.5, 0.6) is 0 Å². The van der Waals surface area contributed by atoms with E-state index in [0.717, 1.165) is 0 Å². The van der Waals surface area contributed by atoms with Crippen LogP contribution in [-0.2, 0) is 9.59 Å². The van der Waals surface area contributed by atoms with Crippen molar-refractivity contribution in [2.75, 3.05) is 0 Å². The number of Topliss-reactive ketones (excluding diaryl/α,β-unsaturated/α-hetero) is 1. The van der Waals surface area contributed by atoms with Gasteiger partial charge in [-0.2, -0.15) is 0 Å². The van der Waals surface area contributed by atoms with Crippen molar-refractivity contribution in [2.45, 2.75) is 11.4 Å². The lowest BCUT2D eigenvalue weighted by atomic mass is 10.3. The summed E-state index contributed by atoms with van der Waals surface area (Å²) in [6, 6.07) is 0. The van der Waals surface area contributed by atoms with Crippen molar-refractivity contribution in [3.8, 4) is 0 Å². The highest BCUT2D eigenvalue weighted by Gasteiger charge is 2.12. The molecule has 0 saturated carbocycles. The van der Waals surface area contributed by atoms with Gasteiger partial charge in [0.05, 0.1) is 6.42 Å². The molecule has 1 unspecified atom stereocenters. The second-order valence-electron chi connectivity index (χ2n) is 1.33. The van der Waals surface area contributed by atoms with E-state index in [0.29, 0.717) is 0 Å². The molecule has 3 nitrogen and oxygen atoms in total. The summed E-state index contributed by atoms with van der Waals surface area (Å²) < 4.78 is -0.425. The van der Waals surface area contributed by atoms with Gasteiger partial charge in [-0.1, -0.05) is 0 Å². The van der Waals surface area contributed by atoms with E-state index < -0.39 is 15.5 Å². The molecule has 0 aliphatic rings. The van der Waals surface area contributed by atoms with Crippen LogP contribution in [0.3, 0.4) is 0 Å². The SMILES string of the molecule is O=C(Br)CC(=O)C(O)Br. The van der Waals surface area contributed by atoms with Crippen molar-refractivity contribution in [1.82, 2.24) is 0 Å². The fraction of sp³-hybridized carbons (Fsp3) is 0.500. The number of carbonyl (C=O) groups excluding carboxylic acids is 2. The average Bonchev–Trinajstić information content (AvgIpc) is 1.63. The minimum absolute atomic E-state index is 0.285. The third-order valence-corrected chi connectivity index (χ3v) is 1.37. The highest BCUT2D eigenvalue weighted by Crippen LogP contribution is 2.01. The van der Waals surface area contributed by atoms with E-state index in [1.54, 1.807) is 0 Å². The molecule has 0 fully saturated rings. The van der Waals surface area contributed by atoms with Gasteiger partial charge in [0.1, 0.15) is 0 Å². The van der Waals surface area contributed by atoms with Gasteiger partial charge in [0.15, 0.2) is 10.8 Å². The van der Waals surface area contributed by atoms with E-state index in [2.05, 4.69) is 31.9 Å². The van der Waals surface area contributed by atoms with Gasteiger partial charge in [-0.05, 0) is 31.9 Å². The normalized spacial score (nSPS) is 12.8. The minimum Gasteiger partial charge on any atom is -0.374 e. The number of aliphatic hydroxyl groups is 1. The smallest absolute Gasteiger partial charge is 0.205 e. The molecule has 0 heterocycles. The van der Waals surface area contributed by atoms with Crippen LogP contribution in [-0.4, -0.2) is 20.6 Å². The number of alkyl halides is 1. The summed E-state index contributed by atoms with van der Waals surface area (Å²) in [5.41, 5.74) is 0. The maximum atomic E-state index is 10.4. The predicted molar refractivity (Wildman–Crippen MR) is 38.5 cm³/mol. The van der Waals surface area contributed by atoms with Crippen LogP contribution >= 0.6 is 31.9 Å². The number of rotatable bonds is 3. The van der Waals surface area contributed by atoms with Crippen molar-refractivity contribution >= 4 is 42.3 Å². The monoisotopic (exact) mass is 258 g/mol. The Morgan fingerprint density at radius 2 is 2.00 bits per heavy atom. The van der Waals surface area contributed by atoms with Crippen LogP contribution < -0.4 is 0 Å². The molecule has 0 aliphatic carbocycles. The minimum atomic E-state index is -1.22. The molecule has 0 rings (SSSR count). The van der Waals surface area contributed by atoms with Crippen LogP contribution in [0.15, 0.2) is 0 Å². The summed E-state index contributed by atoms with van der Waals surface area (Å²) in [7, 11) is 0. The standard InChI is InChI=1S/C4H4Br2O3/c5-3(8)1-2(7)4(6)9/h4,9H,1H2. The Bertz CT molecular complexity index is 132. The Labute approximate surface area is 68.7 Å². The first-order valence-electron chi connectivity index (χ1n) is 2.07. The number of aliphatic hydroxyl groups excluding tert-OH is 1. The van der Waals surface area contributed by atoms with Crippen molar-refractivity contribution in [2.24, 2.45) is 0 Å². The molecule has 0 bridgehead atoms. The molecule has 9 heavy (non-hydrogen) atoms. The molecular formula is C4H4Br2O3. The van der Waals surface area contributed by atoms with Crippen molar-refractivity contribution in [1.29, 1.82) is 0 Å². The van der Waals surface area contributed by atoms with Crippen LogP contribution in [0.25, 0.3) is 0 Å². The first-order valence-corrected chi connectivity index (χ1v) is 3.78. The number of halogens is 2. The van der Waals surface area contributed by atoms with Crippen LogP contribution in [0.4, 0.5) is 0 Å². The largest absolute Gasteiger partial charge is 0.374 e. The molecule has 1 atom stereocenters. The molecule has 0 saturated heterocycles. The van der Waals surface area contributed by atoms with Gasteiger partial charge >= 0.3 is 0 Å².